The molecule has 0 atom stereocenters. The van der Waals surface area contributed by atoms with Crippen LogP contribution in [0.4, 0.5) is 4.79 Å². The van der Waals surface area contributed by atoms with Crippen LogP contribution in [-0.2, 0) is 14.8 Å². The quantitative estimate of drug-likeness (QED) is 0.780. The number of carbonyl (C=O) groups is 1. The van der Waals surface area contributed by atoms with Crippen LogP contribution in [0.2, 0.25) is 0 Å². The van der Waals surface area contributed by atoms with Gasteiger partial charge in [0.15, 0.2) is 0 Å². The lowest BCUT2D eigenvalue weighted by atomic mass is 10.2. The lowest BCUT2D eigenvalue weighted by molar-refractivity contribution is 0.0147. The maximum absolute atomic E-state index is 12.3. The van der Waals surface area contributed by atoms with Crippen LogP contribution >= 0.6 is 0 Å². The molecular weight excluding hydrogens is 370 g/mol. The number of amides is 1. The molecule has 0 aromatic heterocycles. The van der Waals surface area contributed by atoms with Crippen molar-refractivity contribution in [2.75, 3.05) is 46.4 Å². The lowest BCUT2D eigenvalue weighted by Gasteiger charge is -2.35. The summed E-state index contributed by atoms with van der Waals surface area (Å²) in [6.07, 6.45) is -0.303. The summed E-state index contributed by atoms with van der Waals surface area (Å²) in [5.41, 5.74) is -0.506. The van der Waals surface area contributed by atoms with Gasteiger partial charge in [-0.2, -0.15) is 0 Å². The van der Waals surface area contributed by atoms with Crippen LogP contribution in [0.5, 0.6) is 5.75 Å². The molecule has 1 aromatic carbocycles. The summed E-state index contributed by atoms with van der Waals surface area (Å²) in [6, 6.07) is 6.26. The fourth-order valence-electron chi connectivity index (χ4n) is 2.66. The van der Waals surface area contributed by atoms with Gasteiger partial charge in [0.05, 0.1) is 12.0 Å². The highest BCUT2D eigenvalue weighted by atomic mass is 32.2. The number of methoxy groups -OCH3 is 1. The molecule has 0 radical (unpaired) electrons. The van der Waals surface area contributed by atoms with Crippen molar-refractivity contribution in [2.24, 2.45) is 0 Å². The standard InChI is InChI=1S/C18H29N3O5S/c1-18(2,3)26-17(22)21-13-11-20(12-14-21)10-9-19-27(23,24)16-7-5-15(25-4)6-8-16/h5-8,19H,9-14H2,1-4H3. The SMILES string of the molecule is COc1ccc(S(=O)(=O)NCCN2CCN(C(=O)OC(C)(C)C)CC2)cc1. The molecule has 1 fully saturated rings. The Hall–Kier alpha value is -1.84. The largest absolute Gasteiger partial charge is 0.497 e. The molecule has 8 nitrogen and oxygen atoms in total. The fraction of sp³-hybridized carbons (Fsp3) is 0.611. The molecule has 2 rings (SSSR count). The second kappa shape index (κ2) is 8.90. The number of nitrogens with one attached hydrogen (secondary N) is 1. The Morgan fingerprint density at radius 1 is 1.11 bits per heavy atom. The topological polar surface area (TPSA) is 88.2 Å². The van der Waals surface area contributed by atoms with E-state index in [9.17, 15) is 13.2 Å². The molecular formula is C18H29N3O5S. The summed E-state index contributed by atoms with van der Waals surface area (Å²) in [4.78, 5) is 16.1. The van der Waals surface area contributed by atoms with Crippen molar-refractivity contribution in [3.8, 4) is 5.75 Å². The van der Waals surface area contributed by atoms with Crippen LogP contribution < -0.4 is 9.46 Å². The normalized spacial score (nSPS) is 16.2. The molecule has 27 heavy (non-hydrogen) atoms. The molecule has 1 aliphatic heterocycles. The van der Waals surface area contributed by atoms with Crippen LogP contribution in [0.15, 0.2) is 29.2 Å². The number of carbonyl (C=O) groups excluding carboxylic acids is 1. The predicted molar refractivity (Wildman–Crippen MR) is 102 cm³/mol. The first-order chi connectivity index (χ1) is 12.6. The number of ether oxygens (including phenoxy) is 2. The van der Waals surface area contributed by atoms with E-state index in [2.05, 4.69) is 9.62 Å². The van der Waals surface area contributed by atoms with E-state index in [-0.39, 0.29) is 11.0 Å². The average molecular weight is 400 g/mol. The molecule has 0 spiro atoms. The van der Waals surface area contributed by atoms with Gasteiger partial charge in [0.1, 0.15) is 11.4 Å². The smallest absolute Gasteiger partial charge is 0.410 e. The van der Waals surface area contributed by atoms with Crippen molar-refractivity contribution in [1.82, 2.24) is 14.5 Å². The van der Waals surface area contributed by atoms with E-state index in [1.54, 1.807) is 17.0 Å². The Morgan fingerprint density at radius 3 is 2.22 bits per heavy atom. The number of rotatable bonds is 6. The number of benzene rings is 1. The minimum Gasteiger partial charge on any atom is -0.497 e. The summed E-state index contributed by atoms with van der Waals surface area (Å²) in [7, 11) is -2.02. The molecule has 1 heterocycles. The molecule has 0 aliphatic carbocycles. The highest BCUT2D eigenvalue weighted by molar-refractivity contribution is 7.89. The van der Waals surface area contributed by atoms with Crippen molar-refractivity contribution in [3.63, 3.8) is 0 Å². The van der Waals surface area contributed by atoms with Gasteiger partial charge >= 0.3 is 6.09 Å². The number of nitrogens with zero attached hydrogens (tertiary/aromatic N) is 2. The van der Waals surface area contributed by atoms with Gasteiger partial charge in [-0.15, -0.1) is 0 Å². The summed E-state index contributed by atoms with van der Waals surface area (Å²) in [5, 5.41) is 0. The van der Waals surface area contributed by atoms with Crippen LogP contribution in [0.25, 0.3) is 0 Å². The molecule has 1 amide bonds. The highest BCUT2D eigenvalue weighted by Gasteiger charge is 2.25. The molecule has 1 aliphatic rings. The number of hydrogen-bond acceptors (Lipinski definition) is 6. The Morgan fingerprint density at radius 2 is 1.70 bits per heavy atom. The molecule has 0 saturated carbocycles. The Bertz CT molecular complexity index is 720. The van der Waals surface area contributed by atoms with Crippen molar-refractivity contribution in [3.05, 3.63) is 24.3 Å². The van der Waals surface area contributed by atoms with Gasteiger partial charge in [0.25, 0.3) is 0 Å². The predicted octanol–water partition coefficient (Wildman–Crippen LogP) is 1.53. The monoisotopic (exact) mass is 399 g/mol. The van der Waals surface area contributed by atoms with E-state index in [0.717, 1.165) is 0 Å². The van der Waals surface area contributed by atoms with E-state index in [0.29, 0.717) is 45.0 Å². The highest BCUT2D eigenvalue weighted by Crippen LogP contribution is 2.15. The number of sulfonamides is 1. The molecule has 1 saturated heterocycles. The number of piperazine rings is 1. The van der Waals surface area contributed by atoms with Gasteiger partial charge in [-0.25, -0.2) is 17.9 Å². The summed E-state index contributed by atoms with van der Waals surface area (Å²) >= 11 is 0. The summed E-state index contributed by atoms with van der Waals surface area (Å²) in [5.74, 6) is 0.608. The van der Waals surface area contributed by atoms with Gasteiger partial charge in [-0.3, -0.25) is 4.90 Å². The minimum atomic E-state index is -3.55. The molecule has 1 N–H and O–H groups in total. The second-order valence-electron chi connectivity index (χ2n) is 7.38. The molecule has 9 heteroatoms. The van der Waals surface area contributed by atoms with Gasteiger partial charge < -0.3 is 14.4 Å². The van der Waals surface area contributed by atoms with E-state index in [1.165, 1.54) is 19.2 Å². The molecule has 0 bridgehead atoms. The third-order valence-corrected chi connectivity index (χ3v) is 5.59. The zero-order valence-electron chi connectivity index (χ0n) is 16.4. The van der Waals surface area contributed by atoms with Gasteiger partial charge in [0, 0.05) is 39.3 Å². The first-order valence-electron chi connectivity index (χ1n) is 8.95. The maximum Gasteiger partial charge on any atom is 0.410 e. The van der Waals surface area contributed by atoms with Crippen LogP contribution in [-0.4, -0.2) is 76.3 Å². The van der Waals surface area contributed by atoms with Gasteiger partial charge in [-0.05, 0) is 45.0 Å². The third-order valence-electron chi connectivity index (χ3n) is 4.11. The first kappa shape index (κ1) is 21.5. The lowest BCUT2D eigenvalue weighted by Crippen LogP contribution is -2.51. The fourth-order valence-corrected chi connectivity index (χ4v) is 3.68. The van der Waals surface area contributed by atoms with Crippen molar-refractivity contribution in [1.29, 1.82) is 0 Å². The van der Waals surface area contributed by atoms with Crippen LogP contribution in [0.3, 0.4) is 0 Å². The van der Waals surface area contributed by atoms with Crippen molar-refractivity contribution < 1.29 is 22.7 Å². The first-order valence-corrected chi connectivity index (χ1v) is 10.4. The van der Waals surface area contributed by atoms with Gasteiger partial charge in [0.2, 0.25) is 10.0 Å². The van der Waals surface area contributed by atoms with Crippen molar-refractivity contribution in [2.45, 2.75) is 31.3 Å². The van der Waals surface area contributed by atoms with Gasteiger partial charge in [-0.1, -0.05) is 0 Å². The third kappa shape index (κ3) is 6.67. The second-order valence-corrected chi connectivity index (χ2v) is 9.15. The minimum absolute atomic E-state index is 0.207. The van der Waals surface area contributed by atoms with Crippen molar-refractivity contribution >= 4 is 16.1 Å². The maximum atomic E-state index is 12.3. The van der Waals surface area contributed by atoms with Crippen LogP contribution in [0, 0.1) is 0 Å². The zero-order chi connectivity index (χ0) is 20.1. The van der Waals surface area contributed by atoms with Crippen LogP contribution in [0.1, 0.15) is 20.8 Å². The van der Waals surface area contributed by atoms with E-state index in [1.807, 2.05) is 20.8 Å². The molecule has 152 valence electrons. The Kier molecular flexibility index (Phi) is 7.07. The number of hydrogen-bond donors (Lipinski definition) is 1. The van der Waals surface area contributed by atoms with E-state index >= 15 is 0 Å². The molecule has 1 aromatic rings. The van der Waals surface area contributed by atoms with E-state index < -0.39 is 15.6 Å². The molecule has 0 unspecified atom stereocenters. The summed E-state index contributed by atoms with van der Waals surface area (Å²) in [6.45, 7) is 8.92. The zero-order valence-corrected chi connectivity index (χ0v) is 17.2. The Balaban J connectivity index is 1.75. The van der Waals surface area contributed by atoms with E-state index in [4.69, 9.17) is 9.47 Å². The average Bonchev–Trinajstić information content (AvgIpc) is 2.61. The Labute approximate surface area is 161 Å². The summed E-state index contributed by atoms with van der Waals surface area (Å²) < 4.78 is 37.6.